The smallest absolute Gasteiger partial charge is 0.247 e. The van der Waals surface area contributed by atoms with Gasteiger partial charge in [-0.2, -0.15) is 0 Å². The molecule has 1 amide bonds. The normalized spacial score (nSPS) is 24.6. The van der Waals surface area contributed by atoms with Crippen molar-refractivity contribution in [2.45, 2.75) is 75.1 Å². The average Bonchev–Trinajstić information content (AvgIpc) is 3.02. The number of hydrogen-bond acceptors (Lipinski definition) is 10. The van der Waals surface area contributed by atoms with E-state index in [4.69, 9.17) is 9.72 Å². The van der Waals surface area contributed by atoms with Gasteiger partial charge in [0.15, 0.2) is 9.84 Å². The fraction of sp³-hybridized carbons (Fsp3) is 0.529. The zero-order valence-electron chi connectivity index (χ0n) is 27.4. The van der Waals surface area contributed by atoms with Gasteiger partial charge in [0.25, 0.3) is 0 Å². The summed E-state index contributed by atoms with van der Waals surface area (Å²) in [5.74, 6) is 0.727. The number of alkyl halides is 1. The van der Waals surface area contributed by atoms with Crippen LogP contribution in [0.2, 0.25) is 0 Å². The number of ether oxygens (including phenoxy) is 1. The number of carbonyl (C=O) groups is 1. The molecule has 1 aromatic carbocycles. The maximum atomic E-state index is 14.6. The first kappa shape index (κ1) is 33.1. The number of fused-ring (bicyclic) bond motifs is 1. The number of nitrogens with one attached hydrogen (secondary N) is 2. The molecule has 5 heterocycles. The summed E-state index contributed by atoms with van der Waals surface area (Å²) in [6, 6.07) is 5.61. The van der Waals surface area contributed by atoms with Gasteiger partial charge in [0.2, 0.25) is 11.9 Å². The molecule has 0 radical (unpaired) electrons. The van der Waals surface area contributed by atoms with Gasteiger partial charge in [0, 0.05) is 79.1 Å². The third kappa shape index (κ3) is 6.52. The Labute approximate surface area is 275 Å². The zero-order valence-corrected chi connectivity index (χ0v) is 28.3. The molecular weight excluding hydrogens is 621 g/mol. The summed E-state index contributed by atoms with van der Waals surface area (Å²) in [6.45, 7) is 11.6. The number of pyridine rings is 1. The summed E-state index contributed by atoms with van der Waals surface area (Å²) in [7, 11) is -1.63. The fourth-order valence-corrected chi connectivity index (χ4v) is 9.52. The molecule has 0 spiro atoms. The van der Waals surface area contributed by atoms with E-state index < -0.39 is 22.1 Å². The second-order valence-electron chi connectivity index (χ2n) is 13.2. The highest BCUT2D eigenvalue weighted by atomic mass is 32.2. The Bertz CT molecular complexity index is 1760. The average molecular weight is 666 g/mol. The van der Waals surface area contributed by atoms with Crippen LogP contribution in [0.25, 0.3) is 10.9 Å². The van der Waals surface area contributed by atoms with Crippen molar-refractivity contribution in [3.05, 3.63) is 48.8 Å². The van der Waals surface area contributed by atoms with Gasteiger partial charge in [0.1, 0.15) is 12.0 Å². The lowest BCUT2D eigenvalue weighted by molar-refractivity contribution is -0.111. The van der Waals surface area contributed by atoms with Crippen molar-refractivity contribution < 1.29 is 22.3 Å². The molecule has 2 N–H and O–H groups in total. The van der Waals surface area contributed by atoms with E-state index in [1.807, 2.05) is 43.9 Å². The predicted molar refractivity (Wildman–Crippen MR) is 184 cm³/mol. The monoisotopic (exact) mass is 665 g/mol. The molecule has 11 nitrogen and oxygen atoms in total. The van der Waals surface area contributed by atoms with Crippen LogP contribution in [0.3, 0.4) is 0 Å². The molecule has 2 aromatic heterocycles. The summed E-state index contributed by atoms with van der Waals surface area (Å²) in [5, 5.41) is 6.46. The molecule has 0 bridgehead atoms. The minimum atomic E-state index is -3.17. The number of aromatic nitrogens is 3. The molecule has 252 valence electrons. The van der Waals surface area contributed by atoms with Crippen molar-refractivity contribution in [3.63, 3.8) is 0 Å². The topological polar surface area (TPSA) is 130 Å². The molecule has 4 atom stereocenters. The Morgan fingerprint density at radius 1 is 1.15 bits per heavy atom. The van der Waals surface area contributed by atoms with Crippen LogP contribution in [0.4, 0.5) is 33.2 Å². The van der Waals surface area contributed by atoms with E-state index in [0.29, 0.717) is 61.1 Å². The first-order chi connectivity index (χ1) is 22.5. The van der Waals surface area contributed by atoms with E-state index in [-0.39, 0.29) is 34.8 Å². The van der Waals surface area contributed by atoms with Gasteiger partial charge in [-0.3, -0.25) is 4.79 Å². The lowest BCUT2D eigenvalue weighted by atomic mass is 9.90. The van der Waals surface area contributed by atoms with Gasteiger partial charge < -0.3 is 25.2 Å². The van der Waals surface area contributed by atoms with E-state index in [2.05, 4.69) is 32.1 Å². The van der Waals surface area contributed by atoms with Crippen LogP contribution >= 0.6 is 0 Å². The van der Waals surface area contributed by atoms with Crippen LogP contribution in [0.1, 0.15) is 57.9 Å². The number of benzene rings is 1. The van der Waals surface area contributed by atoms with Crippen molar-refractivity contribution in [3.8, 4) is 0 Å². The van der Waals surface area contributed by atoms with Crippen molar-refractivity contribution in [2.75, 3.05) is 53.7 Å². The van der Waals surface area contributed by atoms with E-state index in [0.717, 1.165) is 29.5 Å². The van der Waals surface area contributed by atoms with Gasteiger partial charge in [-0.25, -0.2) is 27.8 Å². The minimum Gasteiger partial charge on any atom is -0.378 e. The van der Waals surface area contributed by atoms with Gasteiger partial charge in [-0.1, -0.05) is 26.8 Å². The molecular formula is C34H44FN7O4S. The predicted octanol–water partition coefficient (Wildman–Crippen LogP) is 5.37. The molecule has 0 saturated carbocycles. The lowest BCUT2D eigenvalue weighted by Gasteiger charge is -2.46. The molecule has 13 heteroatoms. The second kappa shape index (κ2) is 13.3. The van der Waals surface area contributed by atoms with Crippen molar-refractivity contribution in [2.24, 2.45) is 5.92 Å². The van der Waals surface area contributed by atoms with E-state index in [1.165, 1.54) is 13.2 Å². The molecule has 47 heavy (non-hydrogen) atoms. The van der Waals surface area contributed by atoms with E-state index in [1.54, 1.807) is 12.4 Å². The number of hydrogen-bond donors (Lipinski definition) is 2. The highest BCUT2D eigenvalue weighted by Crippen LogP contribution is 2.43. The first-order valence-electron chi connectivity index (χ1n) is 16.4. The van der Waals surface area contributed by atoms with Crippen LogP contribution in [-0.2, 0) is 19.4 Å². The number of carbonyl (C=O) groups excluding carboxylic acids is 1. The number of methoxy groups -OCH3 is 1. The lowest BCUT2D eigenvalue weighted by Crippen LogP contribution is -2.56. The number of rotatable bonds is 9. The van der Waals surface area contributed by atoms with Gasteiger partial charge in [0.05, 0.1) is 28.7 Å². The van der Waals surface area contributed by atoms with Crippen LogP contribution in [0.5, 0.6) is 0 Å². The van der Waals surface area contributed by atoms with Crippen molar-refractivity contribution in [1.82, 2.24) is 15.0 Å². The third-order valence-corrected chi connectivity index (χ3v) is 12.7. The summed E-state index contributed by atoms with van der Waals surface area (Å²) < 4.78 is 46.1. The molecule has 6 rings (SSSR count). The van der Waals surface area contributed by atoms with E-state index >= 15 is 0 Å². The molecule has 3 aromatic rings. The first-order valence-corrected chi connectivity index (χ1v) is 18.0. The second-order valence-corrected chi connectivity index (χ2v) is 15.8. The van der Waals surface area contributed by atoms with Gasteiger partial charge in [-0.15, -0.1) is 0 Å². The summed E-state index contributed by atoms with van der Waals surface area (Å²) >= 11 is 0. The molecule has 3 aliphatic heterocycles. The van der Waals surface area contributed by atoms with Crippen LogP contribution in [0, 0.1) is 5.92 Å². The zero-order chi connectivity index (χ0) is 33.5. The molecule has 2 unspecified atom stereocenters. The quantitative estimate of drug-likeness (QED) is 0.288. The Morgan fingerprint density at radius 2 is 1.94 bits per heavy atom. The fourth-order valence-electron chi connectivity index (χ4n) is 7.22. The number of amides is 1. The maximum Gasteiger partial charge on any atom is 0.247 e. The van der Waals surface area contributed by atoms with Gasteiger partial charge >= 0.3 is 0 Å². The maximum absolute atomic E-state index is 14.6. The molecule has 0 aliphatic carbocycles. The van der Waals surface area contributed by atoms with Crippen LogP contribution < -0.4 is 20.4 Å². The number of halogens is 1. The van der Waals surface area contributed by atoms with E-state index in [9.17, 15) is 17.6 Å². The highest BCUT2D eigenvalue weighted by Gasteiger charge is 2.45. The minimum absolute atomic E-state index is 0.00336. The Hall–Kier alpha value is -3.84. The largest absolute Gasteiger partial charge is 0.378 e. The standard InChI is InChI=1S/C34H44FN7O4S/c1-6-31(43)39-26-15-27(42-17-22(18-42)29-9-7-8-21(4)47(29,44)45)24-16-37-34(40-33(24)32(26)20(2)3)38-23-10-12-36-30(14-23)41-13-11-28(46-5)25(35)19-41/h6,10,12,14-16,20-22,25,28-29H,1,7-9,11,13,17-19H2,2-5H3,(H,39,43)(H,36,37,38,40)/t21?,25-,28+,29?/m0/s1. The summed E-state index contributed by atoms with van der Waals surface area (Å²) in [4.78, 5) is 30.7. The Morgan fingerprint density at radius 3 is 2.64 bits per heavy atom. The van der Waals surface area contributed by atoms with Gasteiger partial charge in [-0.05, 0) is 50.3 Å². The molecule has 3 saturated heterocycles. The SMILES string of the molecule is C=CC(=O)Nc1cc(N2CC(C3CCCC(C)S3(=O)=O)C2)c2cnc(Nc3ccnc(N4CC[C@@H](OC)[C@@H](F)C4)c3)nc2c1C(C)C. The summed E-state index contributed by atoms with van der Waals surface area (Å²) in [6.07, 6.45) is 6.10. The third-order valence-electron chi connectivity index (χ3n) is 9.88. The number of nitrogens with zero attached hydrogens (tertiary/aromatic N) is 5. The highest BCUT2D eigenvalue weighted by molar-refractivity contribution is 7.92. The Kier molecular flexibility index (Phi) is 9.39. The number of sulfone groups is 1. The molecule has 3 aliphatic rings. The van der Waals surface area contributed by atoms with Crippen LogP contribution in [0.15, 0.2) is 43.2 Å². The molecule has 3 fully saturated rings. The Balaban J connectivity index is 1.32. The van der Waals surface area contributed by atoms with Crippen LogP contribution in [-0.4, -0.2) is 85.3 Å². The number of anilines is 5. The summed E-state index contributed by atoms with van der Waals surface area (Å²) in [5.41, 5.74) is 3.73. The van der Waals surface area contributed by atoms with Crippen molar-refractivity contribution >= 4 is 55.5 Å². The number of piperidine rings is 1. The van der Waals surface area contributed by atoms with Crippen molar-refractivity contribution in [1.29, 1.82) is 0 Å².